The molecular weight excluding hydrogens is 298 g/mol. The van der Waals surface area contributed by atoms with Crippen LogP contribution in [-0.2, 0) is 16.4 Å². The van der Waals surface area contributed by atoms with Crippen LogP contribution in [0.15, 0.2) is 36.9 Å². The summed E-state index contributed by atoms with van der Waals surface area (Å²) >= 11 is 0. The third kappa shape index (κ3) is 7.30. The van der Waals surface area contributed by atoms with Gasteiger partial charge >= 0.3 is 0 Å². The fourth-order valence-electron chi connectivity index (χ4n) is 1.75. The number of para-hydroxylation sites is 1. The van der Waals surface area contributed by atoms with Gasteiger partial charge in [0.05, 0.1) is 12.3 Å². The van der Waals surface area contributed by atoms with E-state index in [0.717, 1.165) is 24.2 Å². The summed E-state index contributed by atoms with van der Waals surface area (Å²) in [6.07, 6.45) is 4.07. The fraction of sp³-hybridized carbons (Fsp3) is 0.412. The molecule has 0 saturated carbocycles. The van der Waals surface area contributed by atoms with Crippen molar-refractivity contribution in [1.82, 2.24) is 4.72 Å². The van der Waals surface area contributed by atoms with Crippen LogP contribution >= 0.6 is 0 Å². The van der Waals surface area contributed by atoms with Crippen molar-refractivity contribution < 1.29 is 13.2 Å². The number of unbranched alkanes of at least 4 members (excludes halogenated alkanes) is 1. The van der Waals surface area contributed by atoms with Crippen molar-refractivity contribution in [2.75, 3.05) is 18.9 Å². The first kappa shape index (κ1) is 18.3. The van der Waals surface area contributed by atoms with Gasteiger partial charge in [0.2, 0.25) is 10.0 Å². The lowest BCUT2D eigenvalue weighted by Crippen LogP contribution is -2.26. The predicted octanol–water partition coefficient (Wildman–Crippen LogP) is 2.52. The number of ether oxygens (including phenoxy) is 1. The molecule has 1 N–H and O–H groups in total. The Bertz CT molecular complexity index is 627. The van der Waals surface area contributed by atoms with Gasteiger partial charge in [0.15, 0.2) is 0 Å². The monoisotopic (exact) mass is 321 g/mol. The molecule has 0 atom stereocenters. The summed E-state index contributed by atoms with van der Waals surface area (Å²) in [6.45, 7) is 6.01. The van der Waals surface area contributed by atoms with E-state index < -0.39 is 10.0 Å². The molecule has 0 aliphatic rings. The molecule has 0 aliphatic heterocycles. The van der Waals surface area contributed by atoms with E-state index >= 15 is 0 Å². The molecule has 22 heavy (non-hydrogen) atoms. The van der Waals surface area contributed by atoms with Gasteiger partial charge in [0.1, 0.15) is 12.4 Å². The number of allylic oxidation sites excluding steroid dienone is 1. The average molecular weight is 321 g/mol. The van der Waals surface area contributed by atoms with Gasteiger partial charge in [-0.3, -0.25) is 0 Å². The first-order valence-corrected chi connectivity index (χ1v) is 8.99. The van der Waals surface area contributed by atoms with Gasteiger partial charge in [0.25, 0.3) is 0 Å². The maximum atomic E-state index is 11.5. The lowest BCUT2D eigenvalue weighted by Gasteiger charge is -2.07. The van der Waals surface area contributed by atoms with E-state index in [9.17, 15) is 8.42 Å². The second kappa shape index (κ2) is 10.0. The minimum absolute atomic E-state index is 0.115. The van der Waals surface area contributed by atoms with Crippen LogP contribution in [0.25, 0.3) is 0 Å². The van der Waals surface area contributed by atoms with Crippen molar-refractivity contribution in [3.8, 4) is 17.6 Å². The van der Waals surface area contributed by atoms with Crippen LogP contribution in [0.5, 0.6) is 5.75 Å². The molecule has 0 heterocycles. The van der Waals surface area contributed by atoms with Gasteiger partial charge in [-0.15, -0.1) is 6.58 Å². The number of sulfonamides is 1. The van der Waals surface area contributed by atoms with E-state index in [-0.39, 0.29) is 18.9 Å². The largest absolute Gasteiger partial charge is 0.481 e. The number of hydrogen-bond acceptors (Lipinski definition) is 3. The second-order valence-electron chi connectivity index (χ2n) is 4.74. The number of hydrogen-bond donors (Lipinski definition) is 1. The van der Waals surface area contributed by atoms with Crippen LogP contribution in [0.4, 0.5) is 0 Å². The first-order valence-electron chi connectivity index (χ1n) is 7.33. The molecule has 1 aromatic carbocycles. The summed E-state index contributed by atoms with van der Waals surface area (Å²) in [5, 5.41) is 0. The molecule has 1 rings (SSSR count). The van der Waals surface area contributed by atoms with Gasteiger partial charge < -0.3 is 4.74 Å². The van der Waals surface area contributed by atoms with E-state index in [1.54, 1.807) is 0 Å². The van der Waals surface area contributed by atoms with Gasteiger partial charge in [-0.25, -0.2) is 13.1 Å². The van der Waals surface area contributed by atoms with Gasteiger partial charge in [-0.1, -0.05) is 49.5 Å². The van der Waals surface area contributed by atoms with Crippen LogP contribution in [0.3, 0.4) is 0 Å². The van der Waals surface area contributed by atoms with Crippen LogP contribution in [0.1, 0.15) is 25.3 Å². The molecule has 0 bridgehead atoms. The highest BCUT2D eigenvalue weighted by Gasteiger charge is 2.06. The Labute approximate surface area is 133 Å². The summed E-state index contributed by atoms with van der Waals surface area (Å²) in [5.41, 5.74) is 1.06. The van der Waals surface area contributed by atoms with Gasteiger partial charge in [0, 0.05) is 0 Å². The molecule has 4 nitrogen and oxygen atoms in total. The Morgan fingerprint density at radius 2 is 2.09 bits per heavy atom. The summed E-state index contributed by atoms with van der Waals surface area (Å²) in [5.74, 6) is 6.49. The van der Waals surface area contributed by atoms with Gasteiger partial charge in [-0.2, -0.15) is 0 Å². The van der Waals surface area contributed by atoms with Crippen molar-refractivity contribution in [1.29, 1.82) is 0 Å². The molecule has 0 spiro atoms. The molecule has 1 aromatic rings. The highest BCUT2D eigenvalue weighted by Crippen LogP contribution is 2.18. The summed E-state index contributed by atoms with van der Waals surface area (Å²) in [4.78, 5) is 0. The van der Waals surface area contributed by atoms with Crippen molar-refractivity contribution in [3.63, 3.8) is 0 Å². The highest BCUT2D eigenvalue weighted by molar-refractivity contribution is 7.89. The van der Waals surface area contributed by atoms with Crippen LogP contribution < -0.4 is 9.46 Å². The molecule has 0 aromatic heterocycles. The maximum absolute atomic E-state index is 11.5. The maximum Gasteiger partial charge on any atom is 0.212 e. The normalized spacial score (nSPS) is 10.6. The molecule has 0 amide bonds. The number of nitrogens with one attached hydrogen (secondary N) is 1. The second-order valence-corrected chi connectivity index (χ2v) is 6.66. The Kier molecular flexibility index (Phi) is 8.34. The molecule has 0 radical (unpaired) electrons. The predicted molar refractivity (Wildman–Crippen MR) is 90.3 cm³/mol. The van der Waals surface area contributed by atoms with E-state index in [0.29, 0.717) is 6.42 Å². The minimum Gasteiger partial charge on any atom is -0.481 e. The smallest absolute Gasteiger partial charge is 0.212 e. The lowest BCUT2D eigenvalue weighted by atomic mass is 10.1. The molecule has 0 aliphatic carbocycles. The third-order valence-electron chi connectivity index (χ3n) is 2.91. The first-order chi connectivity index (χ1) is 10.6. The molecule has 5 heteroatoms. The summed E-state index contributed by atoms with van der Waals surface area (Å²) in [7, 11) is -3.20. The van der Waals surface area contributed by atoms with Gasteiger partial charge in [-0.05, 0) is 24.5 Å². The highest BCUT2D eigenvalue weighted by atomic mass is 32.2. The Balaban J connectivity index is 2.38. The van der Waals surface area contributed by atoms with Crippen molar-refractivity contribution in [2.24, 2.45) is 0 Å². The fourth-order valence-corrected chi connectivity index (χ4v) is 2.85. The zero-order valence-electron chi connectivity index (χ0n) is 13.0. The topological polar surface area (TPSA) is 55.4 Å². The van der Waals surface area contributed by atoms with Crippen molar-refractivity contribution >= 4 is 10.0 Å². The summed E-state index contributed by atoms with van der Waals surface area (Å²) in [6, 6.07) is 7.71. The number of rotatable bonds is 9. The Morgan fingerprint density at radius 1 is 1.32 bits per heavy atom. The zero-order chi connectivity index (χ0) is 16.3. The van der Waals surface area contributed by atoms with Crippen molar-refractivity contribution in [2.45, 2.75) is 26.2 Å². The van der Waals surface area contributed by atoms with Crippen LogP contribution in [-0.4, -0.2) is 27.3 Å². The van der Waals surface area contributed by atoms with Crippen LogP contribution in [0.2, 0.25) is 0 Å². The van der Waals surface area contributed by atoms with E-state index in [4.69, 9.17) is 4.74 Å². The Hall–Kier alpha value is -1.77. The lowest BCUT2D eigenvalue weighted by molar-refractivity contribution is 0.366. The van der Waals surface area contributed by atoms with E-state index in [1.807, 2.05) is 37.3 Å². The Morgan fingerprint density at radius 3 is 2.82 bits per heavy atom. The van der Waals surface area contributed by atoms with Crippen molar-refractivity contribution in [3.05, 3.63) is 42.5 Å². The standard InChI is InChI=1S/C17H23NO3S/c1-3-5-15-22(19,20)18-13-8-9-14-21-17-12-7-6-11-16(17)10-4-2/h4,6-7,11-12,18H,2-3,5,10,13-15H2,1H3. The third-order valence-corrected chi connectivity index (χ3v) is 4.32. The molecule has 120 valence electrons. The summed E-state index contributed by atoms with van der Waals surface area (Å²) < 4.78 is 31.1. The van der Waals surface area contributed by atoms with Crippen LogP contribution in [0, 0.1) is 11.8 Å². The van der Waals surface area contributed by atoms with E-state index in [1.165, 1.54) is 0 Å². The quantitative estimate of drug-likeness (QED) is 0.562. The molecular formula is C17H23NO3S. The molecule has 0 saturated heterocycles. The SMILES string of the molecule is C=CCc1ccccc1OCC#CCNS(=O)(=O)CCCC. The molecule has 0 unspecified atom stereocenters. The zero-order valence-corrected chi connectivity index (χ0v) is 13.8. The minimum atomic E-state index is -3.20. The molecule has 0 fully saturated rings. The van der Waals surface area contributed by atoms with E-state index in [2.05, 4.69) is 23.1 Å². The number of benzene rings is 1. The average Bonchev–Trinajstić information content (AvgIpc) is 2.50.